The molecule has 0 aliphatic carbocycles. The van der Waals surface area contributed by atoms with Crippen molar-refractivity contribution in [3.8, 4) is 0 Å². The van der Waals surface area contributed by atoms with Crippen LogP contribution in [0.1, 0.15) is 49.4 Å². The lowest BCUT2D eigenvalue weighted by Crippen LogP contribution is -2.28. The lowest BCUT2D eigenvalue weighted by Gasteiger charge is -2.22. The van der Waals surface area contributed by atoms with E-state index in [1.54, 1.807) is 0 Å². The number of hydrogen-bond acceptors (Lipinski definition) is 2. The van der Waals surface area contributed by atoms with E-state index in [0.717, 1.165) is 0 Å². The van der Waals surface area contributed by atoms with E-state index in [0.29, 0.717) is 12.1 Å². The zero-order valence-corrected chi connectivity index (χ0v) is 12.2. The molecular formula is C15H23NS. The molecule has 0 spiro atoms. The van der Waals surface area contributed by atoms with Crippen molar-refractivity contribution >= 4 is 11.8 Å². The van der Waals surface area contributed by atoms with Crippen molar-refractivity contribution in [3.63, 3.8) is 0 Å². The van der Waals surface area contributed by atoms with Crippen LogP contribution in [0.4, 0.5) is 0 Å². The van der Waals surface area contributed by atoms with Crippen LogP contribution in [0.25, 0.3) is 0 Å². The quantitative estimate of drug-likeness (QED) is 0.842. The highest BCUT2D eigenvalue weighted by molar-refractivity contribution is 7.99. The third-order valence-electron chi connectivity index (χ3n) is 3.43. The highest BCUT2D eigenvalue weighted by Gasteiger charge is 2.20. The fourth-order valence-electron chi connectivity index (χ4n) is 2.41. The van der Waals surface area contributed by atoms with Gasteiger partial charge in [-0.05, 0) is 55.2 Å². The Morgan fingerprint density at radius 3 is 2.65 bits per heavy atom. The summed E-state index contributed by atoms with van der Waals surface area (Å²) >= 11 is 2.02. The molecule has 2 rings (SSSR count). The minimum Gasteiger partial charge on any atom is -0.308 e. The monoisotopic (exact) mass is 249 g/mol. The largest absolute Gasteiger partial charge is 0.308 e. The average Bonchev–Trinajstić information content (AvgIpc) is 2.42. The van der Waals surface area contributed by atoms with Gasteiger partial charge in [0.15, 0.2) is 0 Å². The molecule has 1 nitrogen and oxygen atoms in total. The molecule has 0 amide bonds. The molecule has 1 aliphatic heterocycles. The fourth-order valence-corrected chi connectivity index (χ4v) is 3.57. The van der Waals surface area contributed by atoms with Gasteiger partial charge in [0.2, 0.25) is 0 Å². The first-order chi connectivity index (χ1) is 8.08. The molecule has 1 atom stereocenters. The fraction of sp³-hybridized carbons (Fsp3) is 0.600. The van der Waals surface area contributed by atoms with Gasteiger partial charge in [-0.2, -0.15) is 0 Å². The number of fused-ring (bicyclic) bond motifs is 1. The molecule has 0 fully saturated rings. The Morgan fingerprint density at radius 2 is 1.94 bits per heavy atom. The van der Waals surface area contributed by atoms with Gasteiger partial charge in [0, 0.05) is 17.0 Å². The Labute approximate surface area is 109 Å². The summed E-state index contributed by atoms with van der Waals surface area (Å²) in [6, 6.07) is 5.86. The zero-order valence-electron chi connectivity index (χ0n) is 11.3. The van der Waals surface area contributed by atoms with Gasteiger partial charge in [-0.3, -0.25) is 0 Å². The second-order valence-electron chi connectivity index (χ2n) is 5.34. The minimum absolute atomic E-state index is 0.541. The van der Waals surface area contributed by atoms with Crippen LogP contribution in [-0.4, -0.2) is 11.8 Å². The van der Waals surface area contributed by atoms with Crippen LogP contribution in [0, 0.1) is 13.8 Å². The molecule has 0 saturated carbocycles. The van der Waals surface area contributed by atoms with Gasteiger partial charge >= 0.3 is 0 Å². The molecule has 94 valence electrons. The number of benzene rings is 1. The maximum absolute atomic E-state index is 3.71. The van der Waals surface area contributed by atoms with Crippen molar-refractivity contribution in [3.05, 3.63) is 28.8 Å². The van der Waals surface area contributed by atoms with Gasteiger partial charge in [0.1, 0.15) is 0 Å². The normalized spacial score (nSPS) is 20.2. The van der Waals surface area contributed by atoms with E-state index in [9.17, 15) is 0 Å². The number of thioether (sulfide) groups is 1. The molecule has 1 unspecified atom stereocenters. The van der Waals surface area contributed by atoms with Gasteiger partial charge in [0.05, 0.1) is 0 Å². The summed E-state index contributed by atoms with van der Waals surface area (Å²) in [5.41, 5.74) is 4.35. The van der Waals surface area contributed by atoms with E-state index in [-0.39, 0.29) is 0 Å². The standard InChI is InChI=1S/C15H23NS/c1-10(2)16-14-6-5-7-17-15-9-12(4)11(3)8-13(14)15/h8-10,14,16H,5-7H2,1-4H3. The Balaban J connectivity index is 2.37. The molecule has 1 aliphatic rings. The Morgan fingerprint density at radius 1 is 1.24 bits per heavy atom. The first kappa shape index (κ1) is 13.0. The second-order valence-corrected chi connectivity index (χ2v) is 6.48. The van der Waals surface area contributed by atoms with Crippen molar-refractivity contribution in [2.75, 3.05) is 5.75 Å². The Bertz CT molecular complexity index is 398. The maximum atomic E-state index is 3.71. The van der Waals surface area contributed by atoms with Crippen LogP contribution in [-0.2, 0) is 0 Å². The predicted molar refractivity (Wildman–Crippen MR) is 76.9 cm³/mol. The molecule has 0 bridgehead atoms. The summed E-state index contributed by atoms with van der Waals surface area (Å²) in [6.45, 7) is 8.90. The summed E-state index contributed by atoms with van der Waals surface area (Å²) in [6.07, 6.45) is 2.57. The first-order valence-electron chi connectivity index (χ1n) is 6.58. The molecule has 1 N–H and O–H groups in total. The van der Waals surface area contributed by atoms with Gasteiger partial charge in [-0.15, -0.1) is 11.8 Å². The Kier molecular flexibility index (Phi) is 4.16. The van der Waals surface area contributed by atoms with Crippen molar-refractivity contribution < 1.29 is 0 Å². The van der Waals surface area contributed by atoms with Gasteiger partial charge in [-0.25, -0.2) is 0 Å². The molecule has 1 aromatic carbocycles. The molecule has 17 heavy (non-hydrogen) atoms. The molecule has 0 saturated heterocycles. The predicted octanol–water partition coefficient (Wildman–Crippen LogP) is 4.23. The number of aryl methyl sites for hydroxylation is 2. The summed E-state index contributed by atoms with van der Waals surface area (Å²) in [7, 11) is 0. The van der Waals surface area contributed by atoms with Crippen LogP contribution in [0.5, 0.6) is 0 Å². The van der Waals surface area contributed by atoms with Crippen molar-refractivity contribution in [1.82, 2.24) is 5.32 Å². The third-order valence-corrected chi connectivity index (χ3v) is 4.59. The third kappa shape index (κ3) is 3.05. The molecular weight excluding hydrogens is 226 g/mol. The lowest BCUT2D eigenvalue weighted by atomic mass is 9.97. The van der Waals surface area contributed by atoms with Crippen LogP contribution in [0.3, 0.4) is 0 Å². The number of nitrogens with one attached hydrogen (secondary N) is 1. The van der Waals surface area contributed by atoms with Crippen LogP contribution in [0.15, 0.2) is 17.0 Å². The summed E-state index contributed by atoms with van der Waals surface area (Å²) < 4.78 is 0. The maximum Gasteiger partial charge on any atom is 0.0333 e. The van der Waals surface area contributed by atoms with E-state index in [4.69, 9.17) is 0 Å². The second kappa shape index (κ2) is 5.45. The van der Waals surface area contributed by atoms with Crippen molar-refractivity contribution in [2.45, 2.75) is 57.5 Å². The SMILES string of the molecule is Cc1cc2c(cc1C)C(NC(C)C)CCCS2. The van der Waals surface area contributed by atoms with Crippen LogP contribution in [0.2, 0.25) is 0 Å². The molecule has 1 aromatic rings. The van der Waals surface area contributed by atoms with E-state index >= 15 is 0 Å². The molecule has 1 heterocycles. The Hall–Kier alpha value is -0.470. The highest BCUT2D eigenvalue weighted by atomic mass is 32.2. The average molecular weight is 249 g/mol. The van der Waals surface area contributed by atoms with E-state index in [1.165, 1.54) is 40.2 Å². The smallest absolute Gasteiger partial charge is 0.0333 e. The van der Waals surface area contributed by atoms with Crippen LogP contribution < -0.4 is 5.32 Å². The van der Waals surface area contributed by atoms with Gasteiger partial charge in [0.25, 0.3) is 0 Å². The molecule has 0 radical (unpaired) electrons. The summed E-state index contributed by atoms with van der Waals surface area (Å²) in [5.74, 6) is 1.26. The van der Waals surface area contributed by atoms with Crippen molar-refractivity contribution in [2.24, 2.45) is 0 Å². The van der Waals surface area contributed by atoms with Gasteiger partial charge < -0.3 is 5.32 Å². The van der Waals surface area contributed by atoms with Crippen LogP contribution >= 0.6 is 11.8 Å². The van der Waals surface area contributed by atoms with Crippen molar-refractivity contribution in [1.29, 1.82) is 0 Å². The summed E-state index contributed by atoms with van der Waals surface area (Å²) in [4.78, 5) is 1.49. The highest BCUT2D eigenvalue weighted by Crippen LogP contribution is 2.36. The first-order valence-corrected chi connectivity index (χ1v) is 7.56. The minimum atomic E-state index is 0.541. The van der Waals surface area contributed by atoms with E-state index in [1.807, 2.05) is 11.8 Å². The number of rotatable bonds is 2. The zero-order chi connectivity index (χ0) is 12.4. The lowest BCUT2D eigenvalue weighted by molar-refractivity contribution is 0.447. The van der Waals surface area contributed by atoms with E-state index < -0.39 is 0 Å². The molecule has 2 heteroatoms. The number of hydrogen-bond donors (Lipinski definition) is 1. The van der Waals surface area contributed by atoms with E-state index in [2.05, 4.69) is 45.1 Å². The molecule has 0 aromatic heterocycles. The summed E-state index contributed by atoms with van der Waals surface area (Å²) in [5, 5.41) is 3.71. The van der Waals surface area contributed by atoms with Gasteiger partial charge in [-0.1, -0.05) is 19.9 Å². The topological polar surface area (TPSA) is 12.0 Å².